The Kier molecular flexibility index (Phi) is 5.83. The van der Waals surface area contributed by atoms with E-state index in [0.29, 0.717) is 4.47 Å². The molecule has 0 radical (unpaired) electrons. The Morgan fingerprint density at radius 1 is 0.708 bits per heavy atom. The van der Waals surface area contributed by atoms with Crippen LogP contribution < -0.4 is 4.90 Å². The van der Waals surface area contributed by atoms with Crippen molar-refractivity contribution >= 4 is 33.3 Å². The summed E-state index contributed by atoms with van der Waals surface area (Å²) in [6.07, 6.45) is 0. The van der Waals surface area contributed by atoms with Gasteiger partial charge in [-0.3, -0.25) is 0 Å². The van der Waals surface area contributed by atoms with Gasteiger partial charge in [-0.25, -0.2) is 17.6 Å². The lowest BCUT2D eigenvalue weighted by Crippen LogP contribution is -2.08. The molecule has 2 rings (SSSR count). The lowest BCUT2D eigenvalue weighted by atomic mass is 10.1. The summed E-state index contributed by atoms with van der Waals surface area (Å²) in [6.45, 7) is 0. The molecule has 1 nitrogen and oxygen atoms in total. The normalized spacial score (nSPS) is 13.3. The summed E-state index contributed by atoms with van der Waals surface area (Å²) in [6, 6.07) is 11.2. The molecule has 0 aliphatic carbocycles. The van der Waals surface area contributed by atoms with Crippen LogP contribution in [0.3, 0.4) is 0 Å². The molecule has 0 saturated heterocycles. The summed E-state index contributed by atoms with van der Waals surface area (Å²) in [5, 5.41) is 0. The van der Waals surface area contributed by atoms with E-state index in [-0.39, 0.29) is 11.1 Å². The maximum Gasteiger partial charge on any atom is 0.198 e. The highest BCUT2D eigenvalue weighted by atomic mass is 79.9. The molecule has 0 unspecified atom stereocenters. The number of anilines is 1. The minimum absolute atomic E-state index is 0.170. The summed E-state index contributed by atoms with van der Waals surface area (Å²) in [7, 11) is 3.58. The first kappa shape index (κ1) is 18.3. The summed E-state index contributed by atoms with van der Waals surface area (Å²) >= 11 is 3.15. The Labute approximate surface area is 146 Å². The smallest absolute Gasteiger partial charge is 0.198 e. The second-order valence-corrected chi connectivity index (χ2v) is 6.12. The van der Waals surface area contributed by atoms with Crippen molar-refractivity contribution in [2.75, 3.05) is 19.0 Å². The van der Waals surface area contributed by atoms with Crippen molar-refractivity contribution in [1.29, 1.82) is 0 Å². The molecular formula is C18H14BrF4N. The number of hydrogen-bond donors (Lipinski definition) is 0. The van der Waals surface area contributed by atoms with Crippen molar-refractivity contribution in [2.24, 2.45) is 0 Å². The van der Waals surface area contributed by atoms with Crippen LogP contribution in [-0.2, 0) is 0 Å². The molecule has 0 aromatic heterocycles. The minimum Gasteiger partial charge on any atom is -0.378 e. The second kappa shape index (κ2) is 7.66. The van der Waals surface area contributed by atoms with Crippen LogP contribution in [0.1, 0.15) is 11.1 Å². The maximum atomic E-state index is 14.1. The Morgan fingerprint density at radius 3 is 1.46 bits per heavy atom. The van der Waals surface area contributed by atoms with E-state index in [1.54, 1.807) is 31.1 Å². The highest BCUT2D eigenvalue weighted by molar-refractivity contribution is 9.10. The average Bonchev–Trinajstić information content (AvgIpc) is 2.60. The summed E-state index contributed by atoms with van der Waals surface area (Å²) in [5.41, 5.74) is 0.419. The quantitative estimate of drug-likeness (QED) is 0.422. The fourth-order valence-electron chi connectivity index (χ4n) is 1.95. The molecule has 0 aliphatic rings. The Bertz CT molecular complexity index is 778. The molecule has 0 heterocycles. The number of hydrogen-bond acceptors (Lipinski definition) is 1. The number of benzene rings is 2. The number of rotatable bonds is 4. The van der Waals surface area contributed by atoms with Gasteiger partial charge in [-0.05, 0) is 36.4 Å². The van der Waals surface area contributed by atoms with Crippen molar-refractivity contribution < 1.29 is 17.6 Å². The fourth-order valence-corrected chi connectivity index (χ4v) is 2.21. The van der Waals surface area contributed by atoms with Crippen molar-refractivity contribution in [2.45, 2.75) is 0 Å². The standard InChI is InChI=1S/C18H14BrF4N/c1-24(2)14-9-5-12(6-10-14)16(21)18(23)17(22)15(20)11-3-7-13(19)8-4-11/h3-10H,1-2H3/b17-15+,18-16+. The molecule has 0 bridgehead atoms. The molecule has 0 spiro atoms. The van der Waals surface area contributed by atoms with Gasteiger partial charge >= 0.3 is 0 Å². The average molecular weight is 400 g/mol. The predicted molar refractivity (Wildman–Crippen MR) is 93.2 cm³/mol. The third kappa shape index (κ3) is 4.06. The van der Waals surface area contributed by atoms with Crippen molar-refractivity contribution in [3.05, 3.63) is 75.8 Å². The number of nitrogens with zero attached hydrogens (tertiary/aromatic N) is 1. The molecule has 0 amide bonds. The molecule has 24 heavy (non-hydrogen) atoms. The molecule has 2 aromatic carbocycles. The largest absolute Gasteiger partial charge is 0.378 e. The molecule has 0 N–H and O–H groups in total. The van der Waals surface area contributed by atoms with Crippen LogP contribution in [0.25, 0.3) is 11.7 Å². The van der Waals surface area contributed by atoms with Gasteiger partial charge in [-0.2, -0.15) is 0 Å². The highest BCUT2D eigenvalue weighted by Gasteiger charge is 2.19. The lowest BCUT2D eigenvalue weighted by molar-refractivity contribution is 0.519. The molecular weight excluding hydrogens is 386 g/mol. The summed E-state index contributed by atoms with van der Waals surface area (Å²) < 4.78 is 56.6. The van der Waals surface area contributed by atoms with E-state index in [0.717, 1.165) is 5.69 Å². The molecule has 0 saturated carbocycles. The SMILES string of the molecule is CN(C)c1ccc(/C(F)=C(F)/C(F)=C(\F)c2ccc(Br)cc2)cc1. The van der Waals surface area contributed by atoms with Crippen LogP contribution in [0.5, 0.6) is 0 Å². The predicted octanol–water partition coefficient (Wildman–Crippen LogP) is 6.43. The Morgan fingerprint density at radius 2 is 1.08 bits per heavy atom. The van der Waals surface area contributed by atoms with Gasteiger partial charge in [0.1, 0.15) is 0 Å². The van der Waals surface area contributed by atoms with Crippen molar-refractivity contribution in [1.82, 2.24) is 0 Å². The first-order valence-corrected chi connectivity index (χ1v) is 7.75. The zero-order valence-electron chi connectivity index (χ0n) is 13.0. The van der Waals surface area contributed by atoms with E-state index in [1.807, 2.05) is 0 Å². The monoisotopic (exact) mass is 399 g/mol. The topological polar surface area (TPSA) is 3.24 Å². The first-order valence-electron chi connectivity index (χ1n) is 6.96. The first-order chi connectivity index (χ1) is 11.3. The third-order valence-electron chi connectivity index (χ3n) is 3.31. The molecule has 0 fully saturated rings. The van der Waals surface area contributed by atoms with Crippen LogP contribution in [0.15, 0.2) is 64.7 Å². The zero-order chi connectivity index (χ0) is 17.9. The van der Waals surface area contributed by atoms with E-state index >= 15 is 0 Å². The van der Waals surface area contributed by atoms with Gasteiger partial charge in [-0.15, -0.1) is 0 Å². The van der Waals surface area contributed by atoms with E-state index in [1.165, 1.54) is 36.4 Å². The van der Waals surface area contributed by atoms with Crippen molar-refractivity contribution in [3.63, 3.8) is 0 Å². The maximum absolute atomic E-state index is 14.1. The van der Waals surface area contributed by atoms with Gasteiger partial charge in [0.25, 0.3) is 0 Å². The van der Waals surface area contributed by atoms with Gasteiger partial charge in [0.05, 0.1) is 0 Å². The van der Waals surface area contributed by atoms with Crippen LogP contribution in [0, 0.1) is 0 Å². The Balaban J connectivity index is 2.39. The van der Waals surface area contributed by atoms with Gasteiger partial charge in [0, 0.05) is 35.4 Å². The van der Waals surface area contributed by atoms with Crippen LogP contribution >= 0.6 is 15.9 Å². The van der Waals surface area contributed by atoms with Gasteiger partial charge in [-0.1, -0.05) is 28.1 Å². The van der Waals surface area contributed by atoms with E-state index < -0.39 is 23.3 Å². The molecule has 126 valence electrons. The molecule has 0 atom stereocenters. The molecule has 6 heteroatoms. The van der Waals surface area contributed by atoms with Gasteiger partial charge < -0.3 is 4.90 Å². The Hall–Kier alpha value is -2.08. The van der Waals surface area contributed by atoms with Crippen LogP contribution in [0.2, 0.25) is 0 Å². The van der Waals surface area contributed by atoms with Gasteiger partial charge in [0.15, 0.2) is 23.3 Å². The second-order valence-electron chi connectivity index (χ2n) is 5.20. The van der Waals surface area contributed by atoms with Crippen LogP contribution in [-0.4, -0.2) is 14.1 Å². The number of allylic oxidation sites excluding steroid dienone is 2. The molecule has 0 aliphatic heterocycles. The molecule has 2 aromatic rings. The number of halogens is 5. The van der Waals surface area contributed by atoms with E-state index in [9.17, 15) is 17.6 Å². The highest BCUT2D eigenvalue weighted by Crippen LogP contribution is 2.33. The van der Waals surface area contributed by atoms with E-state index in [4.69, 9.17) is 0 Å². The summed E-state index contributed by atoms with van der Waals surface area (Å²) in [5.74, 6) is -6.65. The van der Waals surface area contributed by atoms with Gasteiger partial charge in [0.2, 0.25) is 0 Å². The third-order valence-corrected chi connectivity index (χ3v) is 3.84. The fraction of sp³-hybridized carbons (Fsp3) is 0.111. The lowest BCUT2D eigenvalue weighted by Gasteiger charge is -2.12. The van der Waals surface area contributed by atoms with Crippen molar-refractivity contribution in [3.8, 4) is 0 Å². The zero-order valence-corrected chi connectivity index (χ0v) is 14.5. The van der Waals surface area contributed by atoms with Crippen LogP contribution in [0.4, 0.5) is 23.2 Å². The minimum atomic E-state index is -1.87. The summed E-state index contributed by atoms with van der Waals surface area (Å²) in [4.78, 5) is 1.77. The van der Waals surface area contributed by atoms with E-state index in [2.05, 4.69) is 15.9 Å².